The van der Waals surface area contributed by atoms with E-state index in [2.05, 4.69) is 15.9 Å². The molecule has 0 aliphatic heterocycles. The van der Waals surface area contributed by atoms with E-state index >= 15 is 0 Å². The van der Waals surface area contributed by atoms with Crippen molar-refractivity contribution in [2.75, 3.05) is 6.61 Å². The van der Waals surface area contributed by atoms with E-state index in [0.29, 0.717) is 23.9 Å². The van der Waals surface area contributed by atoms with Gasteiger partial charge in [-0.15, -0.1) is 0 Å². The Kier molecular flexibility index (Phi) is 4.73. The van der Waals surface area contributed by atoms with Crippen molar-refractivity contribution in [3.63, 3.8) is 0 Å². The van der Waals surface area contributed by atoms with Gasteiger partial charge in [0.2, 0.25) is 0 Å². The SMILES string of the molecule is N#CCCCOc1ccc(Br)cc1[N+](=O)[O-]. The van der Waals surface area contributed by atoms with Gasteiger partial charge in [0.15, 0.2) is 5.75 Å². The highest BCUT2D eigenvalue weighted by atomic mass is 79.9. The summed E-state index contributed by atoms with van der Waals surface area (Å²) in [4.78, 5) is 10.2. The Balaban J connectivity index is 2.72. The van der Waals surface area contributed by atoms with E-state index in [-0.39, 0.29) is 11.4 Å². The van der Waals surface area contributed by atoms with Crippen LogP contribution in [0.25, 0.3) is 0 Å². The summed E-state index contributed by atoms with van der Waals surface area (Å²) in [5, 5.41) is 19.0. The van der Waals surface area contributed by atoms with E-state index in [9.17, 15) is 10.1 Å². The van der Waals surface area contributed by atoms with Gasteiger partial charge in [0.05, 0.1) is 17.6 Å². The zero-order valence-corrected chi connectivity index (χ0v) is 9.94. The molecule has 0 heterocycles. The number of halogens is 1. The first kappa shape index (κ1) is 12.5. The lowest BCUT2D eigenvalue weighted by atomic mass is 10.3. The summed E-state index contributed by atoms with van der Waals surface area (Å²) in [5.74, 6) is 0.228. The molecule has 0 aliphatic rings. The molecule has 0 saturated carbocycles. The molecule has 0 spiro atoms. The van der Waals surface area contributed by atoms with Crippen LogP contribution in [0.5, 0.6) is 5.75 Å². The topological polar surface area (TPSA) is 76.2 Å². The second kappa shape index (κ2) is 6.08. The minimum atomic E-state index is -0.496. The fraction of sp³-hybridized carbons (Fsp3) is 0.300. The minimum Gasteiger partial charge on any atom is -0.487 e. The van der Waals surface area contributed by atoms with Crippen molar-refractivity contribution in [1.82, 2.24) is 0 Å². The quantitative estimate of drug-likeness (QED) is 0.473. The second-order valence-electron chi connectivity index (χ2n) is 2.98. The standard InChI is InChI=1S/C10H9BrN2O3/c11-8-3-4-10(9(7-8)13(14)15)16-6-2-1-5-12/h3-4,7H,1-2,6H2. The molecule has 1 aromatic carbocycles. The molecular weight excluding hydrogens is 276 g/mol. The molecular formula is C10H9BrN2O3. The molecule has 0 amide bonds. The van der Waals surface area contributed by atoms with Crippen molar-refractivity contribution in [2.24, 2.45) is 0 Å². The monoisotopic (exact) mass is 284 g/mol. The van der Waals surface area contributed by atoms with Crippen LogP contribution in [0.3, 0.4) is 0 Å². The molecule has 0 N–H and O–H groups in total. The van der Waals surface area contributed by atoms with Crippen LogP contribution in [0.15, 0.2) is 22.7 Å². The van der Waals surface area contributed by atoms with Crippen molar-refractivity contribution in [2.45, 2.75) is 12.8 Å². The average Bonchev–Trinajstić information content (AvgIpc) is 2.26. The normalized spacial score (nSPS) is 9.50. The summed E-state index contributed by atoms with van der Waals surface area (Å²) >= 11 is 3.15. The molecule has 1 rings (SSSR count). The molecule has 5 nitrogen and oxygen atoms in total. The van der Waals surface area contributed by atoms with Crippen LogP contribution in [0, 0.1) is 21.4 Å². The Morgan fingerprint density at radius 3 is 2.94 bits per heavy atom. The average molecular weight is 285 g/mol. The predicted octanol–water partition coefficient (Wildman–Crippen LogP) is 3.04. The van der Waals surface area contributed by atoms with Gasteiger partial charge in [-0.1, -0.05) is 15.9 Å². The lowest BCUT2D eigenvalue weighted by Crippen LogP contribution is -2.00. The number of hydrogen-bond donors (Lipinski definition) is 0. The number of hydrogen-bond acceptors (Lipinski definition) is 4. The van der Waals surface area contributed by atoms with Crippen LogP contribution in [0.1, 0.15) is 12.8 Å². The van der Waals surface area contributed by atoms with E-state index in [1.807, 2.05) is 6.07 Å². The summed E-state index contributed by atoms with van der Waals surface area (Å²) in [6.07, 6.45) is 0.939. The van der Waals surface area contributed by atoms with Gasteiger partial charge in [0.25, 0.3) is 0 Å². The summed E-state index contributed by atoms with van der Waals surface area (Å²) in [5.41, 5.74) is -0.0775. The number of rotatable bonds is 5. The van der Waals surface area contributed by atoms with E-state index in [1.165, 1.54) is 12.1 Å². The third-order valence-corrected chi connectivity index (χ3v) is 2.30. The van der Waals surface area contributed by atoms with Crippen molar-refractivity contribution in [1.29, 1.82) is 5.26 Å². The minimum absolute atomic E-state index is 0.0775. The summed E-state index contributed by atoms with van der Waals surface area (Å²) in [6, 6.07) is 6.58. The third-order valence-electron chi connectivity index (χ3n) is 1.81. The molecule has 1 aromatic rings. The van der Waals surface area contributed by atoms with Crippen LogP contribution in [-0.4, -0.2) is 11.5 Å². The Bertz CT molecular complexity index is 429. The molecule has 0 radical (unpaired) electrons. The fourth-order valence-electron chi connectivity index (χ4n) is 1.09. The molecule has 0 saturated heterocycles. The highest BCUT2D eigenvalue weighted by Gasteiger charge is 2.15. The third kappa shape index (κ3) is 3.51. The van der Waals surface area contributed by atoms with Crippen LogP contribution in [0.4, 0.5) is 5.69 Å². The number of benzene rings is 1. The molecule has 84 valence electrons. The maximum absolute atomic E-state index is 10.7. The maximum atomic E-state index is 10.7. The van der Waals surface area contributed by atoms with Crippen LogP contribution >= 0.6 is 15.9 Å². The number of nitro benzene ring substituents is 1. The smallest absolute Gasteiger partial charge is 0.312 e. The molecule has 0 fully saturated rings. The van der Waals surface area contributed by atoms with Gasteiger partial charge in [0.1, 0.15) is 0 Å². The van der Waals surface area contributed by atoms with Gasteiger partial charge in [-0.2, -0.15) is 5.26 Å². The second-order valence-corrected chi connectivity index (χ2v) is 3.89. The maximum Gasteiger partial charge on any atom is 0.312 e. The van der Waals surface area contributed by atoms with Crippen molar-refractivity contribution in [3.05, 3.63) is 32.8 Å². The number of nitro groups is 1. The Morgan fingerprint density at radius 1 is 1.56 bits per heavy atom. The first-order valence-electron chi connectivity index (χ1n) is 4.59. The van der Waals surface area contributed by atoms with Crippen LogP contribution < -0.4 is 4.74 Å². The van der Waals surface area contributed by atoms with E-state index in [0.717, 1.165) is 0 Å². The molecule has 0 unspecified atom stereocenters. The summed E-state index contributed by atoms with van der Waals surface area (Å²) < 4.78 is 5.87. The first-order valence-corrected chi connectivity index (χ1v) is 5.38. The van der Waals surface area contributed by atoms with Gasteiger partial charge in [-0.05, 0) is 18.6 Å². The highest BCUT2D eigenvalue weighted by Crippen LogP contribution is 2.30. The Labute approximate surface area is 101 Å². The molecule has 16 heavy (non-hydrogen) atoms. The van der Waals surface area contributed by atoms with Gasteiger partial charge >= 0.3 is 5.69 Å². The molecule has 0 aliphatic carbocycles. The zero-order chi connectivity index (χ0) is 12.0. The Hall–Kier alpha value is -1.61. The predicted molar refractivity (Wildman–Crippen MR) is 61.1 cm³/mol. The number of unbranched alkanes of at least 4 members (excludes halogenated alkanes) is 1. The van der Waals surface area contributed by atoms with Crippen LogP contribution in [-0.2, 0) is 0 Å². The number of nitrogens with zero attached hydrogens (tertiary/aromatic N) is 2. The van der Waals surface area contributed by atoms with E-state index in [4.69, 9.17) is 10.00 Å². The van der Waals surface area contributed by atoms with Crippen molar-refractivity contribution < 1.29 is 9.66 Å². The molecule has 6 heteroatoms. The first-order chi connectivity index (χ1) is 7.65. The van der Waals surface area contributed by atoms with Gasteiger partial charge in [0, 0.05) is 17.0 Å². The summed E-state index contributed by atoms with van der Waals surface area (Å²) in [6.45, 7) is 0.302. The Morgan fingerprint density at radius 2 is 2.31 bits per heavy atom. The number of ether oxygens (including phenoxy) is 1. The van der Waals surface area contributed by atoms with Gasteiger partial charge < -0.3 is 4.74 Å². The largest absolute Gasteiger partial charge is 0.487 e. The van der Waals surface area contributed by atoms with Crippen LogP contribution in [0.2, 0.25) is 0 Å². The highest BCUT2D eigenvalue weighted by molar-refractivity contribution is 9.10. The van der Waals surface area contributed by atoms with Gasteiger partial charge in [-0.25, -0.2) is 0 Å². The molecule has 0 bridgehead atoms. The van der Waals surface area contributed by atoms with Gasteiger partial charge in [-0.3, -0.25) is 10.1 Å². The fourth-order valence-corrected chi connectivity index (χ4v) is 1.44. The number of nitriles is 1. The lowest BCUT2D eigenvalue weighted by Gasteiger charge is -2.05. The zero-order valence-electron chi connectivity index (χ0n) is 8.35. The van der Waals surface area contributed by atoms with Crippen molar-refractivity contribution in [3.8, 4) is 11.8 Å². The lowest BCUT2D eigenvalue weighted by molar-refractivity contribution is -0.385. The molecule has 0 aromatic heterocycles. The summed E-state index contributed by atoms with van der Waals surface area (Å²) in [7, 11) is 0. The molecule has 0 atom stereocenters. The van der Waals surface area contributed by atoms with E-state index < -0.39 is 4.92 Å². The van der Waals surface area contributed by atoms with Crippen molar-refractivity contribution >= 4 is 21.6 Å². The van der Waals surface area contributed by atoms with E-state index in [1.54, 1.807) is 6.07 Å².